The van der Waals surface area contributed by atoms with Gasteiger partial charge in [0, 0.05) is 32.3 Å². The number of methoxy groups -OCH3 is 1. The Kier molecular flexibility index (Phi) is 7.98. The van der Waals surface area contributed by atoms with Crippen molar-refractivity contribution in [3.8, 4) is 0 Å². The van der Waals surface area contributed by atoms with Crippen LogP contribution in [-0.2, 0) is 14.9 Å². The second-order valence-electron chi connectivity index (χ2n) is 5.25. The number of nitrogens with zero attached hydrogens (tertiary/aromatic N) is 1. The Morgan fingerprint density at radius 3 is 2.70 bits per heavy atom. The molecule has 0 amide bonds. The molecule has 2 atom stereocenters. The highest BCUT2D eigenvalue weighted by molar-refractivity contribution is 7.87. The molecule has 0 aromatic heterocycles. The molecule has 2 N–H and O–H groups in total. The molecule has 0 saturated carbocycles. The van der Waals surface area contributed by atoms with Gasteiger partial charge in [0.1, 0.15) is 0 Å². The van der Waals surface area contributed by atoms with Crippen LogP contribution >= 0.6 is 0 Å². The minimum Gasteiger partial charge on any atom is -0.383 e. The van der Waals surface area contributed by atoms with Crippen molar-refractivity contribution < 1.29 is 13.2 Å². The highest BCUT2D eigenvalue weighted by atomic mass is 32.2. The molecule has 6 nitrogen and oxygen atoms in total. The van der Waals surface area contributed by atoms with Crippen molar-refractivity contribution in [1.29, 1.82) is 0 Å². The van der Waals surface area contributed by atoms with Crippen LogP contribution < -0.4 is 10.0 Å². The standard InChI is InChI=1S/C13H29N3O3S/c1-4-12(11-19-3)15-20(17,18)16-9-7-6-8-13(16)10-14-5-2/h12-15H,4-11H2,1-3H3. The van der Waals surface area contributed by atoms with E-state index in [2.05, 4.69) is 10.0 Å². The summed E-state index contributed by atoms with van der Waals surface area (Å²) in [6.07, 6.45) is 3.68. The molecule has 0 aromatic carbocycles. The second kappa shape index (κ2) is 8.94. The topological polar surface area (TPSA) is 70.7 Å². The molecule has 0 bridgehead atoms. The monoisotopic (exact) mass is 307 g/mol. The SMILES string of the molecule is CCNCC1CCCCN1S(=O)(=O)NC(CC)COC. The number of hydrogen-bond donors (Lipinski definition) is 2. The predicted octanol–water partition coefficient (Wildman–Crippen LogP) is 0.710. The molecule has 7 heteroatoms. The quantitative estimate of drug-likeness (QED) is 0.658. The molecule has 20 heavy (non-hydrogen) atoms. The zero-order chi connectivity index (χ0) is 15.0. The summed E-state index contributed by atoms with van der Waals surface area (Å²) in [6, 6.07) is -0.104. The van der Waals surface area contributed by atoms with Crippen LogP contribution in [0.1, 0.15) is 39.5 Å². The third kappa shape index (κ3) is 5.29. The van der Waals surface area contributed by atoms with Gasteiger partial charge in [-0.05, 0) is 25.8 Å². The molecule has 2 unspecified atom stereocenters. The van der Waals surface area contributed by atoms with E-state index in [0.29, 0.717) is 13.2 Å². The molecule has 120 valence electrons. The highest BCUT2D eigenvalue weighted by Gasteiger charge is 2.33. The number of rotatable bonds is 9. The fraction of sp³-hybridized carbons (Fsp3) is 1.00. The lowest BCUT2D eigenvalue weighted by Gasteiger charge is -2.35. The van der Waals surface area contributed by atoms with Gasteiger partial charge in [0.2, 0.25) is 0 Å². The smallest absolute Gasteiger partial charge is 0.280 e. The Morgan fingerprint density at radius 1 is 1.35 bits per heavy atom. The van der Waals surface area contributed by atoms with E-state index in [1.165, 1.54) is 0 Å². The molecule has 1 aliphatic heterocycles. The van der Waals surface area contributed by atoms with Gasteiger partial charge >= 0.3 is 0 Å². The average molecular weight is 307 g/mol. The molecule has 0 radical (unpaired) electrons. The molecule has 1 rings (SSSR count). The van der Waals surface area contributed by atoms with Gasteiger partial charge in [0.05, 0.1) is 6.61 Å². The second-order valence-corrected chi connectivity index (χ2v) is 6.91. The van der Waals surface area contributed by atoms with E-state index in [9.17, 15) is 8.42 Å². The first-order chi connectivity index (χ1) is 9.55. The van der Waals surface area contributed by atoms with Gasteiger partial charge in [-0.25, -0.2) is 0 Å². The predicted molar refractivity (Wildman–Crippen MR) is 80.9 cm³/mol. The molecule has 1 fully saturated rings. The molecular formula is C13H29N3O3S. The number of hydrogen-bond acceptors (Lipinski definition) is 4. The molecule has 0 aromatic rings. The van der Waals surface area contributed by atoms with Crippen LogP contribution in [0.3, 0.4) is 0 Å². The first kappa shape index (κ1) is 17.8. The van der Waals surface area contributed by atoms with Gasteiger partial charge in [-0.15, -0.1) is 0 Å². The molecular weight excluding hydrogens is 278 g/mol. The van der Waals surface area contributed by atoms with Crippen molar-refractivity contribution in [1.82, 2.24) is 14.3 Å². The fourth-order valence-corrected chi connectivity index (χ4v) is 4.25. The van der Waals surface area contributed by atoms with Crippen molar-refractivity contribution in [2.24, 2.45) is 0 Å². The van der Waals surface area contributed by atoms with Gasteiger partial charge in [-0.2, -0.15) is 17.4 Å². The van der Waals surface area contributed by atoms with Crippen molar-refractivity contribution in [2.45, 2.75) is 51.6 Å². The summed E-state index contributed by atoms with van der Waals surface area (Å²) < 4.78 is 34.5. The number of likely N-dealkylation sites (N-methyl/N-ethyl adjacent to an activating group) is 1. The zero-order valence-electron chi connectivity index (χ0n) is 12.9. The van der Waals surface area contributed by atoms with Crippen LogP contribution in [0, 0.1) is 0 Å². The van der Waals surface area contributed by atoms with Gasteiger partial charge in [0.25, 0.3) is 10.2 Å². The first-order valence-corrected chi connectivity index (χ1v) is 8.97. The van der Waals surface area contributed by atoms with E-state index in [4.69, 9.17) is 4.74 Å². The summed E-state index contributed by atoms with van der Waals surface area (Å²) in [4.78, 5) is 0. The van der Waals surface area contributed by atoms with E-state index in [1.54, 1.807) is 11.4 Å². The van der Waals surface area contributed by atoms with Crippen molar-refractivity contribution in [3.63, 3.8) is 0 Å². The highest BCUT2D eigenvalue weighted by Crippen LogP contribution is 2.19. The lowest BCUT2D eigenvalue weighted by atomic mass is 10.1. The molecule has 0 aliphatic carbocycles. The zero-order valence-corrected chi connectivity index (χ0v) is 13.7. The van der Waals surface area contributed by atoms with Crippen molar-refractivity contribution >= 4 is 10.2 Å². The summed E-state index contributed by atoms with van der Waals surface area (Å²) in [7, 11) is -1.84. The third-order valence-electron chi connectivity index (χ3n) is 3.69. The normalized spacial score (nSPS) is 22.9. The van der Waals surface area contributed by atoms with Gasteiger partial charge < -0.3 is 10.1 Å². The molecule has 0 spiro atoms. The summed E-state index contributed by atoms with van der Waals surface area (Å²) in [5, 5.41) is 3.25. The maximum atomic E-state index is 12.5. The van der Waals surface area contributed by atoms with Crippen LogP contribution in [0.25, 0.3) is 0 Å². The average Bonchev–Trinajstić information content (AvgIpc) is 2.44. The lowest BCUT2D eigenvalue weighted by Crippen LogP contribution is -2.54. The van der Waals surface area contributed by atoms with E-state index < -0.39 is 10.2 Å². The van der Waals surface area contributed by atoms with E-state index in [1.807, 2.05) is 13.8 Å². The summed E-state index contributed by atoms with van der Waals surface area (Å²) in [6.45, 7) is 6.58. The van der Waals surface area contributed by atoms with Crippen LogP contribution in [0.15, 0.2) is 0 Å². The lowest BCUT2D eigenvalue weighted by molar-refractivity contribution is 0.170. The molecule has 1 aliphatic rings. The largest absolute Gasteiger partial charge is 0.383 e. The van der Waals surface area contributed by atoms with Crippen molar-refractivity contribution in [2.75, 3.05) is 33.4 Å². The molecule has 1 heterocycles. The number of piperidine rings is 1. The van der Waals surface area contributed by atoms with Gasteiger partial charge in [-0.3, -0.25) is 0 Å². The maximum Gasteiger partial charge on any atom is 0.280 e. The van der Waals surface area contributed by atoms with E-state index in [0.717, 1.165) is 38.8 Å². The Morgan fingerprint density at radius 2 is 2.10 bits per heavy atom. The maximum absolute atomic E-state index is 12.5. The fourth-order valence-electron chi connectivity index (χ4n) is 2.52. The van der Waals surface area contributed by atoms with E-state index in [-0.39, 0.29) is 12.1 Å². The number of nitrogens with one attached hydrogen (secondary N) is 2. The summed E-state index contributed by atoms with van der Waals surface area (Å²) in [5.41, 5.74) is 0. The van der Waals surface area contributed by atoms with Gasteiger partial charge in [-0.1, -0.05) is 20.3 Å². The van der Waals surface area contributed by atoms with Crippen molar-refractivity contribution in [3.05, 3.63) is 0 Å². The summed E-state index contributed by atoms with van der Waals surface area (Å²) >= 11 is 0. The van der Waals surface area contributed by atoms with Crippen LogP contribution in [0.4, 0.5) is 0 Å². The number of ether oxygens (including phenoxy) is 1. The molecule has 1 saturated heterocycles. The third-order valence-corrected chi connectivity index (χ3v) is 5.42. The Bertz CT molecular complexity index is 362. The van der Waals surface area contributed by atoms with Gasteiger partial charge in [0.15, 0.2) is 0 Å². The Balaban J connectivity index is 2.70. The Labute approximate surface area is 123 Å². The first-order valence-electron chi connectivity index (χ1n) is 7.53. The minimum atomic E-state index is -3.43. The van der Waals surface area contributed by atoms with E-state index >= 15 is 0 Å². The summed E-state index contributed by atoms with van der Waals surface area (Å²) in [5.74, 6) is 0. The Hall–Kier alpha value is -0.210. The van der Waals surface area contributed by atoms with Crippen LogP contribution in [0.5, 0.6) is 0 Å². The minimum absolute atomic E-state index is 0.0567. The van der Waals surface area contributed by atoms with Crippen LogP contribution in [-0.4, -0.2) is 58.2 Å². The van der Waals surface area contributed by atoms with Crippen LogP contribution in [0.2, 0.25) is 0 Å².